The minimum Gasteiger partial charge on any atom is -0.481 e. The first kappa shape index (κ1) is 18.4. The molecule has 1 aromatic heterocycles. The van der Waals surface area contributed by atoms with Crippen LogP contribution in [0.25, 0.3) is 11.1 Å². The monoisotopic (exact) mass is 380 g/mol. The lowest BCUT2D eigenvalue weighted by atomic mass is 10.1. The summed E-state index contributed by atoms with van der Waals surface area (Å²) in [6.07, 6.45) is 0.469. The number of aromatic nitrogens is 1. The lowest BCUT2D eigenvalue weighted by molar-refractivity contribution is -0.140. The fourth-order valence-electron chi connectivity index (χ4n) is 3.02. The molecule has 8 nitrogen and oxygen atoms in total. The molecule has 9 heteroatoms. The average Bonchev–Trinajstić information content (AvgIpc) is 3.25. The van der Waals surface area contributed by atoms with Crippen LogP contribution in [-0.4, -0.2) is 54.1 Å². The van der Waals surface area contributed by atoms with Gasteiger partial charge in [0.2, 0.25) is 5.91 Å². The van der Waals surface area contributed by atoms with Gasteiger partial charge in [-0.05, 0) is 24.6 Å². The molecular weight excluding hydrogens is 360 g/mol. The molecule has 0 saturated carbocycles. The van der Waals surface area contributed by atoms with E-state index in [1.807, 2.05) is 0 Å². The van der Waals surface area contributed by atoms with Crippen molar-refractivity contribution in [3.8, 4) is 0 Å². The van der Waals surface area contributed by atoms with Crippen LogP contribution in [0.4, 0.5) is 0 Å². The molecule has 0 aliphatic carbocycles. The third-order valence-electron chi connectivity index (χ3n) is 4.56. The van der Waals surface area contributed by atoms with E-state index in [9.17, 15) is 18.0 Å². The number of aliphatic carboxylic acids is 1. The zero-order chi connectivity index (χ0) is 18.9. The van der Waals surface area contributed by atoms with E-state index >= 15 is 0 Å². The molecule has 1 aliphatic heterocycles. The highest BCUT2D eigenvalue weighted by molar-refractivity contribution is 7.91. The molecule has 1 saturated heterocycles. The SMILES string of the molecule is CCS(=O)(=O)c1ccc2oc(C3CCN(C(=O)CCC(=O)O)C3)nc2c1. The summed E-state index contributed by atoms with van der Waals surface area (Å²) in [4.78, 5) is 28.9. The Balaban J connectivity index is 1.75. The van der Waals surface area contributed by atoms with Crippen molar-refractivity contribution in [3.63, 3.8) is 0 Å². The number of oxazole rings is 1. The molecule has 140 valence electrons. The fraction of sp³-hybridized carbons (Fsp3) is 0.471. The Labute approximate surface area is 150 Å². The molecule has 1 aliphatic rings. The summed E-state index contributed by atoms with van der Waals surface area (Å²) >= 11 is 0. The van der Waals surface area contributed by atoms with Gasteiger partial charge >= 0.3 is 5.97 Å². The molecule has 2 heterocycles. The van der Waals surface area contributed by atoms with E-state index in [0.29, 0.717) is 36.5 Å². The van der Waals surface area contributed by atoms with Gasteiger partial charge in [0.15, 0.2) is 21.3 Å². The number of hydrogen-bond donors (Lipinski definition) is 1. The Morgan fingerprint density at radius 1 is 1.35 bits per heavy atom. The van der Waals surface area contributed by atoms with E-state index in [0.717, 1.165) is 0 Å². The van der Waals surface area contributed by atoms with Crippen molar-refractivity contribution >= 4 is 32.8 Å². The summed E-state index contributed by atoms with van der Waals surface area (Å²) < 4.78 is 29.7. The number of carboxylic acid groups (broad SMARTS) is 1. The first-order valence-corrected chi connectivity index (χ1v) is 10.1. The van der Waals surface area contributed by atoms with Gasteiger partial charge in [0, 0.05) is 19.5 Å². The van der Waals surface area contributed by atoms with Crippen LogP contribution in [-0.2, 0) is 19.4 Å². The first-order valence-electron chi connectivity index (χ1n) is 8.43. The van der Waals surface area contributed by atoms with Gasteiger partial charge in [0.25, 0.3) is 0 Å². The van der Waals surface area contributed by atoms with Crippen LogP contribution < -0.4 is 0 Å². The second-order valence-electron chi connectivity index (χ2n) is 6.30. The van der Waals surface area contributed by atoms with Crippen molar-refractivity contribution in [2.45, 2.75) is 37.0 Å². The van der Waals surface area contributed by atoms with Gasteiger partial charge in [-0.3, -0.25) is 9.59 Å². The lowest BCUT2D eigenvalue weighted by Crippen LogP contribution is -2.28. The van der Waals surface area contributed by atoms with E-state index in [2.05, 4.69) is 4.98 Å². The van der Waals surface area contributed by atoms with E-state index in [1.54, 1.807) is 17.9 Å². The number of carbonyl (C=O) groups is 2. The summed E-state index contributed by atoms with van der Waals surface area (Å²) in [5.41, 5.74) is 0.982. The molecule has 1 unspecified atom stereocenters. The Morgan fingerprint density at radius 2 is 2.12 bits per heavy atom. The molecule has 1 N–H and O–H groups in total. The molecule has 1 aromatic carbocycles. The van der Waals surface area contributed by atoms with Crippen LogP contribution >= 0.6 is 0 Å². The van der Waals surface area contributed by atoms with E-state index in [1.165, 1.54) is 12.1 Å². The summed E-state index contributed by atoms with van der Waals surface area (Å²) in [6, 6.07) is 4.61. The quantitative estimate of drug-likeness (QED) is 0.812. The van der Waals surface area contributed by atoms with Crippen molar-refractivity contribution < 1.29 is 27.5 Å². The molecule has 26 heavy (non-hydrogen) atoms. The largest absolute Gasteiger partial charge is 0.481 e. The maximum atomic E-state index is 12.0. The van der Waals surface area contributed by atoms with Crippen molar-refractivity contribution in [1.82, 2.24) is 9.88 Å². The standard InChI is InChI=1S/C17H20N2O6S/c1-2-26(23,24)12-3-4-14-13(9-12)18-17(25-14)11-7-8-19(10-11)15(20)5-6-16(21)22/h3-4,9,11H,2,5-8,10H2,1H3,(H,21,22). The van der Waals surface area contributed by atoms with Crippen molar-refractivity contribution in [1.29, 1.82) is 0 Å². The Hall–Kier alpha value is -2.42. The highest BCUT2D eigenvalue weighted by atomic mass is 32.2. The Bertz CT molecular complexity index is 949. The number of nitrogens with zero attached hydrogens (tertiary/aromatic N) is 2. The topological polar surface area (TPSA) is 118 Å². The minimum atomic E-state index is -3.32. The number of rotatable bonds is 6. The van der Waals surface area contributed by atoms with Crippen LogP contribution in [0.2, 0.25) is 0 Å². The van der Waals surface area contributed by atoms with E-state index in [4.69, 9.17) is 9.52 Å². The minimum absolute atomic E-state index is 0.0131. The average molecular weight is 380 g/mol. The van der Waals surface area contributed by atoms with Crippen LogP contribution in [0.5, 0.6) is 0 Å². The van der Waals surface area contributed by atoms with Gasteiger partial charge in [-0.2, -0.15) is 0 Å². The van der Waals surface area contributed by atoms with Gasteiger partial charge in [0.1, 0.15) is 5.52 Å². The number of benzene rings is 1. The van der Waals surface area contributed by atoms with Crippen LogP contribution in [0.1, 0.15) is 38.0 Å². The molecule has 1 amide bonds. The van der Waals surface area contributed by atoms with Crippen LogP contribution in [0.15, 0.2) is 27.5 Å². The number of fused-ring (bicyclic) bond motifs is 1. The number of sulfone groups is 1. The molecule has 1 fully saturated rings. The number of carboxylic acids is 1. The third-order valence-corrected chi connectivity index (χ3v) is 6.29. The van der Waals surface area contributed by atoms with Gasteiger partial charge in [-0.25, -0.2) is 13.4 Å². The van der Waals surface area contributed by atoms with Crippen LogP contribution in [0, 0.1) is 0 Å². The summed E-state index contributed by atoms with van der Waals surface area (Å²) in [5.74, 6) is -0.783. The maximum Gasteiger partial charge on any atom is 0.303 e. The van der Waals surface area contributed by atoms with Gasteiger partial charge in [-0.15, -0.1) is 0 Å². The molecule has 0 spiro atoms. The molecule has 0 radical (unpaired) electrons. The van der Waals surface area contributed by atoms with E-state index in [-0.39, 0.29) is 35.3 Å². The number of hydrogen-bond acceptors (Lipinski definition) is 6. The van der Waals surface area contributed by atoms with Gasteiger partial charge in [-0.1, -0.05) is 6.92 Å². The third kappa shape index (κ3) is 3.72. The maximum absolute atomic E-state index is 12.0. The lowest BCUT2D eigenvalue weighted by Gasteiger charge is -2.15. The van der Waals surface area contributed by atoms with Crippen molar-refractivity contribution in [2.24, 2.45) is 0 Å². The summed E-state index contributed by atoms with van der Waals surface area (Å²) in [7, 11) is -3.32. The normalized spacial score (nSPS) is 17.7. The number of carbonyl (C=O) groups excluding carboxylic acids is 1. The van der Waals surface area contributed by atoms with E-state index < -0.39 is 15.8 Å². The van der Waals surface area contributed by atoms with Gasteiger partial charge in [0.05, 0.1) is 23.0 Å². The summed E-state index contributed by atoms with van der Waals surface area (Å²) in [5, 5.41) is 8.67. The summed E-state index contributed by atoms with van der Waals surface area (Å²) in [6.45, 7) is 2.53. The highest BCUT2D eigenvalue weighted by Crippen LogP contribution is 2.30. The van der Waals surface area contributed by atoms with Gasteiger partial charge < -0.3 is 14.4 Å². The predicted molar refractivity (Wildman–Crippen MR) is 92.5 cm³/mol. The smallest absolute Gasteiger partial charge is 0.303 e. The zero-order valence-electron chi connectivity index (χ0n) is 14.3. The fourth-order valence-corrected chi connectivity index (χ4v) is 3.92. The van der Waals surface area contributed by atoms with Crippen LogP contribution in [0.3, 0.4) is 0 Å². The van der Waals surface area contributed by atoms with Crippen molar-refractivity contribution in [2.75, 3.05) is 18.8 Å². The Kier molecular flexibility index (Phi) is 4.99. The first-order chi connectivity index (χ1) is 12.3. The number of likely N-dealkylation sites (tertiary alicyclic amines) is 1. The highest BCUT2D eigenvalue weighted by Gasteiger charge is 2.30. The second kappa shape index (κ2) is 7.06. The zero-order valence-corrected chi connectivity index (χ0v) is 15.2. The van der Waals surface area contributed by atoms with Crippen molar-refractivity contribution in [3.05, 3.63) is 24.1 Å². The Morgan fingerprint density at radius 3 is 2.81 bits per heavy atom. The molecule has 0 bridgehead atoms. The predicted octanol–water partition coefficient (Wildman–Crippen LogP) is 1.80. The number of amides is 1. The molecular formula is C17H20N2O6S. The molecule has 1 atom stereocenters. The molecule has 3 rings (SSSR count). The second-order valence-corrected chi connectivity index (χ2v) is 8.58. The molecule has 2 aromatic rings.